The zero-order valence-electron chi connectivity index (χ0n) is 9.54. The number of nitrogens with zero attached hydrogens (tertiary/aromatic N) is 1. The summed E-state index contributed by atoms with van der Waals surface area (Å²) < 4.78 is 1.18. The molecule has 0 saturated carbocycles. The lowest BCUT2D eigenvalue weighted by Gasteiger charge is -2.25. The van der Waals surface area contributed by atoms with Gasteiger partial charge in [-0.05, 0) is 34.0 Å². The first-order valence-electron chi connectivity index (χ1n) is 5.56. The topological polar surface area (TPSA) is 32.3 Å². The van der Waals surface area contributed by atoms with E-state index in [1.165, 1.54) is 14.2 Å². The fourth-order valence-electron chi connectivity index (χ4n) is 1.92. The summed E-state index contributed by atoms with van der Waals surface area (Å²) in [6.45, 7) is 6.44. The van der Waals surface area contributed by atoms with Gasteiger partial charge in [-0.3, -0.25) is 9.69 Å². The summed E-state index contributed by atoms with van der Waals surface area (Å²) in [5.74, 6) is 0.0731. The fraction of sp³-hybridized carbons (Fsp3) is 0.417. The number of fused-ring (bicyclic) bond motifs is 1. The van der Waals surface area contributed by atoms with Gasteiger partial charge >= 0.3 is 0 Å². The largest absolute Gasteiger partial charge is 0.352 e. The number of nitrogens with one attached hydrogen (secondary N) is 1. The molecule has 1 N–H and O–H groups in total. The Hall–Kier alpha value is -0.650. The summed E-state index contributed by atoms with van der Waals surface area (Å²) in [6.07, 6.45) is 2.73. The second-order valence-corrected chi connectivity index (χ2v) is 6.57. The predicted molar refractivity (Wildman–Crippen MR) is 74.2 cm³/mol. The van der Waals surface area contributed by atoms with Crippen LogP contribution in [-0.4, -0.2) is 30.4 Å². The van der Waals surface area contributed by atoms with E-state index in [1.54, 1.807) is 17.4 Å². The van der Waals surface area contributed by atoms with E-state index in [2.05, 4.69) is 38.8 Å². The third-order valence-corrected chi connectivity index (χ3v) is 4.41. The Kier molecular flexibility index (Phi) is 4.36. The number of amides is 1. The Morgan fingerprint density at radius 2 is 2.53 bits per heavy atom. The van der Waals surface area contributed by atoms with Gasteiger partial charge in [-0.1, -0.05) is 6.08 Å². The van der Waals surface area contributed by atoms with Crippen LogP contribution in [0.2, 0.25) is 0 Å². The number of thiophene rings is 1. The van der Waals surface area contributed by atoms with E-state index < -0.39 is 0 Å². The first kappa shape index (κ1) is 12.8. The highest BCUT2D eigenvalue weighted by Crippen LogP contribution is 2.31. The molecular weight excluding hydrogens is 300 g/mol. The molecule has 3 nitrogen and oxygen atoms in total. The molecule has 1 aliphatic rings. The molecule has 0 aliphatic carbocycles. The van der Waals surface area contributed by atoms with Crippen molar-refractivity contribution in [2.75, 3.05) is 19.6 Å². The Balaban J connectivity index is 1.89. The highest BCUT2D eigenvalue weighted by molar-refractivity contribution is 9.11. The van der Waals surface area contributed by atoms with Crippen LogP contribution in [0.4, 0.5) is 0 Å². The molecule has 1 aromatic rings. The number of hydrogen-bond donors (Lipinski definition) is 1. The van der Waals surface area contributed by atoms with E-state index in [0.717, 1.165) is 19.5 Å². The van der Waals surface area contributed by atoms with Crippen LogP contribution < -0.4 is 5.32 Å². The number of hydrogen-bond acceptors (Lipinski definition) is 3. The van der Waals surface area contributed by atoms with Gasteiger partial charge in [0.25, 0.3) is 0 Å². The van der Waals surface area contributed by atoms with Gasteiger partial charge in [-0.25, -0.2) is 0 Å². The van der Waals surface area contributed by atoms with Crippen LogP contribution in [0.15, 0.2) is 22.5 Å². The molecule has 2 heterocycles. The summed E-state index contributed by atoms with van der Waals surface area (Å²) >= 11 is 5.27. The Bertz CT molecular complexity index is 430. The number of halogens is 1. The van der Waals surface area contributed by atoms with Crippen LogP contribution >= 0.6 is 27.3 Å². The average molecular weight is 315 g/mol. The minimum atomic E-state index is 0.0731. The summed E-state index contributed by atoms with van der Waals surface area (Å²) in [5.41, 5.74) is 1.42. The molecule has 17 heavy (non-hydrogen) atoms. The van der Waals surface area contributed by atoms with E-state index in [-0.39, 0.29) is 5.91 Å². The van der Waals surface area contributed by atoms with E-state index in [0.29, 0.717) is 13.1 Å². The molecule has 0 fully saturated rings. The fourth-order valence-corrected chi connectivity index (χ4v) is 3.75. The molecule has 92 valence electrons. The number of carbonyl (C=O) groups excluding carboxylic acids is 1. The van der Waals surface area contributed by atoms with Crippen LogP contribution in [0.5, 0.6) is 0 Å². The maximum Gasteiger partial charge on any atom is 0.234 e. The second-order valence-electron chi connectivity index (χ2n) is 4.05. The summed E-state index contributed by atoms with van der Waals surface area (Å²) in [7, 11) is 0. The smallest absolute Gasteiger partial charge is 0.234 e. The van der Waals surface area contributed by atoms with E-state index in [1.807, 2.05) is 0 Å². The highest BCUT2D eigenvalue weighted by Gasteiger charge is 2.20. The number of carbonyl (C=O) groups is 1. The molecule has 1 aliphatic heterocycles. The highest BCUT2D eigenvalue weighted by atomic mass is 79.9. The van der Waals surface area contributed by atoms with Crippen molar-refractivity contribution < 1.29 is 4.79 Å². The van der Waals surface area contributed by atoms with Crippen LogP contribution in [0.25, 0.3) is 0 Å². The lowest BCUT2D eigenvalue weighted by atomic mass is 10.1. The van der Waals surface area contributed by atoms with Gasteiger partial charge in [0.1, 0.15) is 0 Å². The van der Waals surface area contributed by atoms with Gasteiger partial charge < -0.3 is 5.32 Å². The van der Waals surface area contributed by atoms with Gasteiger partial charge in [0.2, 0.25) is 5.91 Å². The van der Waals surface area contributed by atoms with Gasteiger partial charge in [0, 0.05) is 24.5 Å². The molecule has 0 aromatic carbocycles. The summed E-state index contributed by atoms with van der Waals surface area (Å²) in [5, 5.41) is 2.80. The summed E-state index contributed by atoms with van der Waals surface area (Å²) in [6, 6.07) is 2.19. The normalized spacial score (nSPS) is 15.4. The van der Waals surface area contributed by atoms with Crippen molar-refractivity contribution in [3.63, 3.8) is 0 Å². The molecule has 1 aromatic heterocycles. The minimum Gasteiger partial charge on any atom is -0.352 e. The molecule has 0 radical (unpaired) electrons. The molecule has 0 unspecified atom stereocenters. The molecule has 2 rings (SSSR count). The van der Waals surface area contributed by atoms with E-state index in [9.17, 15) is 4.79 Å². The predicted octanol–water partition coefficient (Wildman–Crippen LogP) is 2.17. The van der Waals surface area contributed by atoms with Crippen molar-refractivity contribution in [3.8, 4) is 0 Å². The van der Waals surface area contributed by atoms with Crippen molar-refractivity contribution in [1.82, 2.24) is 10.2 Å². The number of rotatable bonds is 4. The van der Waals surface area contributed by atoms with Crippen molar-refractivity contribution in [2.45, 2.75) is 13.0 Å². The zero-order chi connectivity index (χ0) is 12.3. The van der Waals surface area contributed by atoms with Gasteiger partial charge in [0.05, 0.1) is 10.3 Å². The zero-order valence-corrected chi connectivity index (χ0v) is 11.9. The standard InChI is InChI=1S/C12H15BrN2OS/c1-2-4-14-12(16)8-15-5-3-9-6-11(13)17-10(9)7-15/h2,6H,1,3-5,7-8H2,(H,14,16). The monoisotopic (exact) mass is 314 g/mol. The minimum absolute atomic E-state index is 0.0731. The first-order chi connectivity index (χ1) is 8.19. The van der Waals surface area contributed by atoms with Crippen molar-refractivity contribution in [3.05, 3.63) is 32.9 Å². The third kappa shape index (κ3) is 3.40. The molecule has 0 atom stereocenters. The van der Waals surface area contributed by atoms with Crippen molar-refractivity contribution in [1.29, 1.82) is 0 Å². The SMILES string of the molecule is C=CCNC(=O)CN1CCc2cc(Br)sc2C1. The molecule has 5 heteroatoms. The maximum atomic E-state index is 11.6. The molecule has 1 amide bonds. The molecule has 0 spiro atoms. The van der Waals surface area contributed by atoms with Gasteiger partial charge in [-0.2, -0.15) is 0 Å². The third-order valence-electron chi connectivity index (χ3n) is 2.74. The van der Waals surface area contributed by atoms with Crippen molar-refractivity contribution >= 4 is 33.2 Å². The van der Waals surface area contributed by atoms with Gasteiger partial charge in [0.15, 0.2) is 0 Å². The molecule has 0 saturated heterocycles. The second kappa shape index (κ2) is 5.80. The lowest BCUT2D eigenvalue weighted by Crippen LogP contribution is -2.39. The van der Waals surface area contributed by atoms with Crippen LogP contribution in [0.3, 0.4) is 0 Å². The lowest BCUT2D eigenvalue weighted by molar-refractivity contribution is -0.122. The molecular formula is C12H15BrN2OS. The summed E-state index contributed by atoms with van der Waals surface area (Å²) in [4.78, 5) is 15.1. The molecule has 0 bridgehead atoms. The Labute approximate surface area is 114 Å². The van der Waals surface area contributed by atoms with Crippen LogP contribution in [0.1, 0.15) is 10.4 Å². The Morgan fingerprint density at radius 1 is 1.71 bits per heavy atom. The van der Waals surface area contributed by atoms with Crippen LogP contribution in [-0.2, 0) is 17.8 Å². The van der Waals surface area contributed by atoms with Crippen LogP contribution in [0, 0.1) is 0 Å². The average Bonchev–Trinajstić information content (AvgIpc) is 2.65. The maximum absolute atomic E-state index is 11.6. The first-order valence-corrected chi connectivity index (χ1v) is 7.17. The van der Waals surface area contributed by atoms with E-state index >= 15 is 0 Å². The van der Waals surface area contributed by atoms with E-state index in [4.69, 9.17) is 0 Å². The quantitative estimate of drug-likeness (QED) is 0.864. The van der Waals surface area contributed by atoms with Gasteiger partial charge in [-0.15, -0.1) is 17.9 Å². The van der Waals surface area contributed by atoms with Crippen molar-refractivity contribution in [2.24, 2.45) is 0 Å². The Morgan fingerprint density at radius 3 is 3.29 bits per heavy atom.